The summed E-state index contributed by atoms with van der Waals surface area (Å²) in [4.78, 5) is 22.6. The van der Waals surface area contributed by atoms with E-state index in [9.17, 15) is 18.4 Å². The second-order valence-electron chi connectivity index (χ2n) is 4.71. The van der Waals surface area contributed by atoms with Crippen molar-refractivity contribution in [1.82, 2.24) is 5.32 Å². The molecule has 0 bridgehead atoms. The summed E-state index contributed by atoms with van der Waals surface area (Å²) in [5.41, 5.74) is 1.13. The Balaban J connectivity index is 1.94. The molecule has 0 unspecified atom stereocenters. The zero-order chi connectivity index (χ0) is 16.1. The third-order valence-corrected chi connectivity index (χ3v) is 3.01. The largest absolute Gasteiger partial charge is 0.478 e. The van der Waals surface area contributed by atoms with Crippen LogP contribution in [0.2, 0.25) is 0 Å². The fourth-order valence-electron chi connectivity index (χ4n) is 1.91. The number of benzene rings is 2. The molecule has 4 nitrogen and oxygen atoms in total. The van der Waals surface area contributed by atoms with Gasteiger partial charge in [-0.25, -0.2) is 13.6 Å². The van der Waals surface area contributed by atoms with Crippen molar-refractivity contribution >= 4 is 11.9 Å². The summed E-state index contributed by atoms with van der Waals surface area (Å²) in [6.07, 6.45) is -0.0875. The zero-order valence-electron chi connectivity index (χ0n) is 11.5. The van der Waals surface area contributed by atoms with E-state index in [-0.39, 0.29) is 24.4 Å². The van der Waals surface area contributed by atoms with Crippen molar-refractivity contribution < 1.29 is 23.5 Å². The molecule has 22 heavy (non-hydrogen) atoms. The van der Waals surface area contributed by atoms with E-state index in [1.54, 1.807) is 12.1 Å². The maximum absolute atomic E-state index is 13.0. The monoisotopic (exact) mass is 305 g/mol. The molecule has 0 aromatic heterocycles. The molecule has 0 fully saturated rings. The summed E-state index contributed by atoms with van der Waals surface area (Å²) in [6.45, 7) is 0.156. The van der Waals surface area contributed by atoms with E-state index in [0.717, 1.165) is 12.1 Å². The number of carboxylic acids is 1. The SMILES string of the molecule is O=C(Cc1ccc(F)c(F)c1)NCc1cccc(C(=O)O)c1. The second-order valence-corrected chi connectivity index (χ2v) is 4.71. The highest BCUT2D eigenvalue weighted by Gasteiger charge is 2.08. The highest BCUT2D eigenvalue weighted by Crippen LogP contribution is 2.09. The van der Waals surface area contributed by atoms with Gasteiger partial charge in [-0.2, -0.15) is 0 Å². The highest BCUT2D eigenvalue weighted by atomic mass is 19.2. The molecular formula is C16H13F2NO3. The Morgan fingerprint density at radius 1 is 1.00 bits per heavy atom. The Morgan fingerprint density at radius 3 is 2.45 bits per heavy atom. The average Bonchev–Trinajstić information content (AvgIpc) is 2.49. The highest BCUT2D eigenvalue weighted by molar-refractivity contribution is 5.87. The van der Waals surface area contributed by atoms with Crippen molar-refractivity contribution in [2.45, 2.75) is 13.0 Å². The summed E-state index contributed by atoms with van der Waals surface area (Å²) in [5, 5.41) is 11.5. The number of carbonyl (C=O) groups is 2. The molecule has 2 aromatic rings. The van der Waals surface area contributed by atoms with Crippen LogP contribution in [0.15, 0.2) is 42.5 Å². The van der Waals surface area contributed by atoms with Crippen molar-refractivity contribution in [3.8, 4) is 0 Å². The predicted molar refractivity (Wildman–Crippen MR) is 75.3 cm³/mol. The number of nitrogens with one attached hydrogen (secondary N) is 1. The molecule has 6 heteroatoms. The smallest absolute Gasteiger partial charge is 0.335 e. The number of amides is 1. The van der Waals surface area contributed by atoms with Crippen LogP contribution in [0.3, 0.4) is 0 Å². The predicted octanol–water partition coefficient (Wildman–Crippen LogP) is 2.52. The van der Waals surface area contributed by atoms with Crippen LogP contribution >= 0.6 is 0 Å². The Labute approximate surface area is 125 Å². The first kappa shape index (κ1) is 15.6. The number of aromatic carboxylic acids is 1. The topological polar surface area (TPSA) is 66.4 Å². The zero-order valence-corrected chi connectivity index (χ0v) is 11.5. The van der Waals surface area contributed by atoms with E-state index in [0.29, 0.717) is 11.1 Å². The van der Waals surface area contributed by atoms with E-state index in [2.05, 4.69) is 5.32 Å². The molecule has 0 saturated carbocycles. The number of carbonyl (C=O) groups excluding carboxylic acids is 1. The summed E-state index contributed by atoms with van der Waals surface area (Å²) in [6, 6.07) is 9.46. The van der Waals surface area contributed by atoms with Crippen molar-refractivity contribution in [1.29, 1.82) is 0 Å². The molecule has 114 valence electrons. The van der Waals surface area contributed by atoms with Crippen LogP contribution in [0.25, 0.3) is 0 Å². The third-order valence-electron chi connectivity index (χ3n) is 3.01. The van der Waals surface area contributed by atoms with Gasteiger partial charge in [0.2, 0.25) is 5.91 Å². The molecule has 2 aromatic carbocycles. The minimum atomic E-state index is -1.05. The average molecular weight is 305 g/mol. The van der Waals surface area contributed by atoms with Gasteiger partial charge in [-0.05, 0) is 35.4 Å². The van der Waals surface area contributed by atoms with Gasteiger partial charge in [0.15, 0.2) is 11.6 Å². The molecule has 0 radical (unpaired) electrons. The van der Waals surface area contributed by atoms with Gasteiger partial charge < -0.3 is 10.4 Å². The van der Waals surface area contributed by atoms with E-state index in [4.69, 9.17) is 5.11 Å². The van der Waals surface area contributed by atoms with Crippen LogP contribution in [0, 0.1) is 11.6 Å². The minimum Gasteiger partial charge on any atom is -0.478 e. The van der Waals surface area contributed by atoms with E-state index < -0.39 is 17.6 Å². The van der Waals surface area contributed by atoms with Crippen molar-refractivity contribution in [2.75, 3.05) is 0 Å². The van der Waals surface area contributed by atoms with Crippen LogP contribution in [-0.2, 0) is 17.8 Å². The Kier molecular flexibility index (Phi) is 4.83. The van der Waals surface area contributed by atoms with Crippen LogP contribution in [0.4, 0.5) is 8.78 Å². The van der Waals surface area contributed by atoms with Crippen LogP contribution in [-0.4, -0.2) is 17.0 Å². The molecule has 0 heterocycles. The summed E-state index contributed by atoms with van der Waals surface area (Å²) in [5.74, 6) is -3.38. The molecule has 1 amide bonds. The summed E-state index contributed by atoms with van der Waals surface area (Å²) in [7, 11) is 0. The number of hydrogen-bond donors (Lipinski definition) is 2. The van der Waals surface area contributed by atoms with Gasteiger partial charge in [-0.15, -0.1) is 0 Å². The molecule has 0 aliphatic heterocycles. The van der Waals surface area contributed by atoms with Gasteiger partial charge in [0.25, 0.3) is 0 Å². The van der Waals surface area contributed by atoms with Gasteiger partial charge >= 0.3 is 5.97 Å². The molecule has 0 atom stereocenters. The third kappa shape index (κ3) is 4.12. The lowest BCUT2D eigenvalue weighted by Gasteiger charge is -2.06. The van der Waals surface area contributed by atoms with Gasteiger partial charge in [-0.3, -0.25) is 4.79 Å². The van der Waals surface area contributed by atoms with Crippen LogP contribution < -0.4 is 5.32 Å². The number of halogens is 2. The number of rotatable bonds is 5. The van der Waals surface area contributed by atoms with E-state index >= 15 is 0 Å². The number of hydrogen-bond acceptors (Lipinski definition) is 2. The van der Waals surface area contributed by atoms with Gasteiger partial charge in [0, 0.05) is 6.54 Å². The lowest BCUT2D eigenvalue weighted by molar-refractivity contribution is -0.120. The maximum atomic E-state index is 13.0. The first-order chi connectivity index (χ1) is 10.5. The van der Waals surface area contributed by atoms with Crippen molar-refractivity contribution in [3.63, 3.8) is 0 Å². The normalized spacial score (nSPS) is 10.3. The van der Waals surface area contributed by atoms with E-state index in [1.807, 2.05) is 0 Å². The summed E-state index contributed by atoms with van der Waals surface area (Å²) >= 11 is 0. The first-order valence-electron chi connectivity index (χ1n) is 6.48. The minimum absolute atomic E-state index is 0.0875. The summed E-state index contributed by atoms with van der Waals surface area (Å²) < 4.78 is 25.8. The van der Waals surface area contributed by atoms with Crippen LogP contribution in [0.1, 0.15) is 21.5 Å². The molecule has 2 rings (SSSR count). The Morgan fingerprint density at radius 2 is 1.77 bits per heavy atom. The van der Waals surface area contributed by atoms with E-state index in [1.165, 1.54) is 18.2 Å². The lowest BCUT2D eigenvalue weighted by atomic mass is 10.1. The molecule has 0 spiro atoms. The maximum Gasteiger partial charge on any atom is 0.335 e. The lowest BCUT2D eigenvalue weighted by Crippen LogP contribution is -2.24. The molecule has 0 aliphatic rings. The molecule has 0 saturated heterocycles. The number of carboxylic acid groups (broad SMARTS) is 1. The Bertz CT molecular complexity index is 716. The van der Waals surface area contributed by atoms with Gasteiger partial charge in [-0.1, -0.05) is 18.2 Å². The van der Waals surface area contributed by atoms with Crippen LogP contribution in [0.5, 0.6) is 0 Å². The first-order valence-corrected chi connectivity index (χ1v) is 6.48. The quantitative estimate of drug-likeness (QED) is 0.892. The molecular weight excluding hydrogens is 292 g/mol. The van der Waals surface area contributed by atoms with Gasteiger partial charge in [0.05, 0.1) is 12.0 Å². The molecule has 2 N–H and O–H groups in total. The van der Waals surface area contributed by atoms with Crippen molar-refractivity contribution in [2.24, 2.45) is 0 Å². The van der Waals surface area contributed by atoms with Crippen molar-refractivity contribution in [3.05, 3.63) is 70.8 Å². The van der Waals surface area contributed by atoms with Gasteiger partial charge in [0.1, 0.15) is 0 Å². The standard InChI is InChI=1S/C16H13F2NO3/c17-13-5-4-10(7-14(13)18)8-15(20)19-9-11-2-1-3-12(6-11)16(21)22/h1-7H,8-9H2,(H,19,20)(H,21,22). The fourth-order valence-corrected chi connectivity index (χ4v) is 1.91. The molecule has 0 aliphatic carbocycles. The fraction of sp³-hybridized carbons (Fsp3) is 0.125. The second kappa shape index (κ2) is 6.80. The Hall–Kier alpha value is -2.76.